The van der Waals surface area contributed by atoms with Gasteiger partial charge in [-0.2, -0.15) is 0 Å². The number of ketones is 1. The topological polar surface area (TPSA) is 54.0 Å². The van der Waals surface area contributed by atoms with Gasteiger partial charge in [-0.15, -0.1) is 0 Å². The molecule has 0 atom stereocenters. The molecule has 0 N–H and O–H groups in total. The highest BCUT2D eigenvalue weighted by molar-refractivity contribution is 6.07. The van der Waals surface area contributed by atoms with E-state index in [0.717, 1.165) is 5.56 Å². The summed E-state index contributed by atoms with van der Waals surface area (Å²) in [7, 11) is 4.68. The predicted octanol–water partition coefficient (Wildman–Crippen LogP) is 4.40. The van der Waals surface area contributed by atoms with Crippen molar-refractivity contribution < 1.29 is 23.7 Å². The Labute approximate surface area is 154 Å². The molecule has 0 aromatic heterocycles. The van der Waals surface area contributed by atoms with Crippen molar-refractivity contribution in [3.63, 3.8) is 0 Å². The monoisotopic (exact) mass is 356 g/mol. The Morgan fingerprint density at radius 3 is 2.23 bits per heavy atom. The van der Waals surface area contributed by atoms with Gasteiger partial charge in [0.1, 0.15) is 0 Å². The average molecular weight is 356 g/mol. The van der Waals surface area contributed by atoms with Gasteiger partial charge in [-0.05, 0) is 50.3 Å². The minimum atomic E-state index is -0.149. The maximum atomic E-state index is 12.5. The van der Waals surface area contributed by atoms with Crippen LogP contribution in [-0.4, -0.2) is 33.2 Å². The van der Waals surface area contributed by atoms with Gasteiger partial charge in [0.2, 0.25) is 0 Å². The van der Waals surface area contributed by atoms with Crippen LogP contribution in [0.25, 0.3) is 6.08 Å². The Kier molecular flexibility index (Phi) is 6.67. The van der Waals surface area contributed by atoms with Crippen molar-refractivity contribution in [2.24, 2.45) is 0 Å². The highest BCUT2D eigenvalue weighted by Gasteiger charge is 2.12. The third-order valence-corrected chi connectivity index (χ3v) is 3.67. The molecule has 0 aliphatic carbocycles. The first-order chi connectivity index (χ1) is 12.5. The first-order valence-electron chi connectivity index (χ1n) is 8.28. The van der Waals surface area contributed by atoms with E-state index in [9.17, 15) is 4.79 Å². The zero-order valence-corrected chi connectivity index (χ0v) is 15.7. The number of ether oxygens (including phenoxy) is 4. The van der Waals surface area contributed by atoms with Crippen LogP contribution in [0.4, 0.5) is 0 Å². The molecule has 0 saturated carbocycles. The Morgan fingerprint density at radius 2 is 1.62 bits per heavy atom. The number of para-hydroxylation sites is 1. The molecule has 26 heavy (non-hydrogen) atoms. The second-order valence-electron chi connectivity index (χ2n) is 5.81. The van der Waals surface area contributed by atoms with Gasteiger partial charge in [-0.1, -0.05) is 12.1 Å². The quantitative estimate of drug-likeness (QED) is 0.518. The van der Waals surface area contributed by atoms with E-state index in [2.05, 4.69) is 0 Å². The third kappa shape index (κ3) is 4.57. The molecule has 138 valence electrons. The molecule has 0 saturated heterocycles. The van der Waals surface area contributed by atoms with Crippen molar-refractivity contribution in [1.82, 2.24) is 0 Å². The van der Waals surface area contributed by atoms with Crippen LogP contribution in [-0.2, 0) is 0 Å². The van der Waals surface area contributed by atoms with Gasteiger partial charge in [0.25, 0.3) is 0 Å². The van der Waals surface area contributed by atoms with E-state index in [0.29, 0.717) is 28.6 Å². The van der Waals surface area contributed by atoms with E-state index >= 15 is 0 Å². The fraction of sp³-hybridized carbons (Fsp3) is 0.286. The second-order valence-corrected chi connectivity index (χ2v) is 5.81. The molecule has 0 aliphatic heterocycles. The highest BCUT2D eigenvalue weighted by Crippen LogP contribution is 2.33. The molecule has 5 nitrogen and oxygen atoms in total. The van der Waals surface area contributed by atoms with Crippen molar-refractivity contribution in [1.29, 1.82) is 0 Å². The minimum Gasteiger partial charge on any atom is -0.493 e. The minimum absolute atomic E-state index is 0.0139. The smallest absolute Gasteiger partial charge is 0.185 e. The Hall–Kier alpha value is -2.95. The number of allylic oxidation sites excluding steroid dienone is 1. The first-order valence-corrected chi connectivity index (χ1v) is 8.28. The van der Waals surface area contributed by atoms with Crippen LogP contribution in [0.1, 0.15) is 29.8 Å². The molecular weight excluding hydrogens is 332 g/mol. The summed E-state index contributed by atoms with van der Waals surface area (Å²) >= 11 is 0. The molecule has 0 bridgehead atoms. The number of carbonyl (C=O) groups is 1. The van der Waals surface area contributed by atoms with Crippen molar-refractivity contribution in [2.45, 2.75) is 20.0 Å². The Bertz CT molecular complexity index is 793. The summed E-state index contributed by atoms with van der Waals surface area (Å²) in [5.74, 6) is 2.18. The van der Waals surface area contributed by atoms with Crippen molar-refractivity contribution in [3.05, 3.63) is 53.6 Å². The SMILES string of the molecule is COc1ccc(C(=O)/C=C/c2cccc(OC)c2OC(C)C)cc1OC. The zero-order chi connectivity index (χ0) is 19.1. The molecule has 0 radical (unpaired) electrons. The lowest BCUT2D eigenvalue weighted by Crippen LogP contribution is -2.08. The molecule has 0 heterocycles. The van der Waals surface area contributed by atoms with Crippen LogP contribution in [0.3, 0.4) is 0 Å². The van der Waals surface area contributed by atoms with Crippen molar-refractivity contribution in [2.75, 3.05) is 21.3 Å². The van der Waals surface area contributed by atoms with Gasteiger partial charge in [0.15, 0.2) is 28.8 Å². The van der Waals surface area contributed by atoms with Gasteiger partial charge in [-0.25, -0.2) is 0 Å². The van der Waals surface area contributed by atoms with Gasteiger partial charge >= 0.3 is 0 Å². The zero-order valence-electron chi connectivity index (χ0n) is 15.7. The van der Waals surface area contributed by atoms with E-state index in [1.807, 2.05) is 32.0 Å². The summed E-state index contributed by atoms with van der Waals surface area (Å²) in [6.07, 6.45) is 3.21. The third-order valence-electron chi connectivity index (χ3n) is 3.67. The highest BCUT2D eigenvalue weighted by atomic mass is 16.5. The summed E-state index contributed by atoms with van der Waals surface area (Å²) in [5.41, 5.74) is 1.28. The van der Waals surface area contributed by atoms with Gasteiger partial charge < -0.3 is 18.9 Å². The number of rotatable bonds is 8. The van der Waals surface area contributed by atoms with E-state index in [4.69, 9.17) is 18.9 Å². The molecular formula is C21H24O5. The van der Waals surface area contributed by atoms with Crippen molar-refractivity contribution >= 4 is 11.9 Å². The Balaban J connectivity index is 2.31. The van der Waals surface area contributed by atoms with Gasteiger partial charge in [0.05, 0.1) is 27.4 Å². The lowest BCUT2D eigenvalue weighted by molar-refractivity contribution is 0.104. The largest absolute Gasteiger partial charge is 0.493 e. The second kappa shape index (κ2) is 8.94. The molecule has 2 aromatic carbocycles. The van der Waals surface area contributed by atoms with Crippen LogP contribution in [0.2, 0.25) is 0 Å². The maximum Gasteiger partial charge on any atom is 0.185 e. The molecule has 0 fully saturated rings. The molecule has 0 aliphatic rings. The van der Waals surface area contributed by atoms with Crippen LogP contribution < -0.4 is 18.9 Å². The average Bonchev–Trinajstić information content (AvgIpc) is 2.65. The summed E-state index contributed by atoms with van der Waals surface area (Å²) in [5, 5.41) is 0. The first kappa shape index (κ1) is 19.4. The number of hydrogen-bond donors (Lipinski definition) is 0. The summed E-state index contributed by atoms with van der Waals surface area (Å²) in [6, 6.07) is 10.6. The van der Waals surface area contributed by atoms with Crippen LogP contribution in [0.15, 0.2) is 42.5 Å². The van der Waals surface area contributed by atoms with Crippen LogP contribution in [0, 0.1) is 0 Å². The maximum absolute atomic E-state index is 12.5. The number of benzene rings is 2. The molecule has 2 rings (SSSR count). The number of carbonyl (C=O) groups excluding carboxylic acids is 1. The van der Waals surface area contributed by atoms with E-state index < -0.39 is 0 Å². The summed E-state index contributed by atoms with van der Waals surface area (Å²) in [4.78, 5) is 12.5. The predicted molar refractivity (Wildman–Crippen MR) is 102 cm³/mol. The standard InChI is InChI=1S/C21H24O5/c1-14(2)26-21-15(7-6-8-19(21)24-4)9-11-17(22)16-10-12-18(23-3)20(13-16)25-5/h6-14H,1-5H3/b11-9+. The Morgan fingerprint density at radius 1 is 0.923 bits per heavy atom. The lowest BCUT2D eigenvalue weighted by Gasteiger charge is -2.15. The van der Waals surface area contributed by atoms with Crippen molar-refractivity contribution in [3.8, 4) is 23.0 Å². The van der Waals surface area contributed by atoms with Gasteiger partial charge in [-0.3, -0.25) is 4.79 Å². The lowest BCUT2D eigenvalue weighted by atomic mass is 10.1. The van der Waals surface area contributed by atoms with E-state index in [-0.39, 0.29) is 11.9 Å². The van der Waals surface area contributed by atoms with E-state index in [1.165, 1.54) is 13.2 Å². The van der Waals surface area contributed by atoms with Crippen LogP contribution >= 0.6 is 0 Å². The number of methoxy groups -OCH3 is 3. The molecule has 0 unspecified atom stereocenters. The molecule has 0 amide bonds. The summed E-state index contributed by atoms with van der Waals surface area (Å²) in [6.45, 7) is 3.88. The molecule has 0 spiro atoms. The fourth-order valence-electron chi connectivity index (χ4n) is 2.44. The molecule has 5 heteroatoms. The van der Waals surface area contributed by atoms with E-state index in [1.54, 1.807) is 38.5 Å². The normalized spacial score (nSPS) is 10.8. The number of hydrogen-bond acceptors (Lipinski definition) is 5. The molecule has 2 aromatic rings. The summed E-state index contributed by atoms with van der Waals surface area (Å²) < 4.78 is 21.6. The fourth-order valence-corrected chi connectivity index (χ4v) is 2.44. The van der Waals surface area contributed by atoms with Gasteiger partial charge in [0, 0.05) is 11.1 Å². The van der Waals surface area contributed by atoms with Crippen LogP contribution in [0.5, 0.6) is 23.0 Å².